The van der Waals surface area contributed by atoms with Crippen LogP contribution in [0, 0.1) is 3.57 Å². The van der Waals surface area contributed by atoms with Crippen LogP contribution >= 0.6 is 34.2 Å². The van der Waals surface area contributed by atoms with Crippen molar-refractivity contribution < 1.29 is 9.59 Å². The Labute approximate surface area is 174 Å². The molecule has 3 amide bonds. The van der Waals surface area contributed by atoms with Gasteiger partial charge < -0.3 is 9.88 Å². The van der Waals surface area contributed by atoms with Crippen LogP contribution in [0.4, 0.5) is 10.5 Å². The molecule has 1 aliphatic rings. The summed E-state index contributed by atoms with van der Waals surface area (Å²) in [5, 5.41) is 3.18. The Morgan fingerprint density at radius 2 is 1.59 bits per heavy atom. The quantitative estimate of drug-likeness (QED) is 0.325. The Hall–Kier alpha value is -2.58. The molecule has 1 saturated heterocycles. The molecule has 2 heterocycles. The molecule has 27 heavy (non-hydrogen) atoms. The van der Waals surface area contributed by atoms with Crippen LogP contribution < -0.4 is 10.2 Å². The summed E-state index contributed by atoms with van der Waals surface area (Å²) < 4.78 is 3.09. The molecular formula is C20H13ClIN3O2. The molecule has 134 valence electrons. The van der Waals surface area contributed by atoms with E-state index in [0.717, 1.165) is 19.9 Å². The summed E-state index contributed by atoms with van der Waals surface area (Å²) in [5.74, 6) is -0.405. The van der Waals surface area contributed by atoms with E-state index in [1.807, 2.05) is 47.2 Å². The van der Waals surface area contributed by atoms with Crippen molar-refractivity contribution in [3.05, 3.63) is 86.8 Å². The van der Waals surface area contributed by atoms with Crippen molar-refractivity contribution in [2.75, 3.05) is 4.90 Å². The van der Waals surface area contributed by atoms with Crippen molar-refractivity contribution in [2.45, 2.75) is 0 Å². The number of aromatic nitrogens is 1. The highest BCUT2D eigenvalue weighted by Gasteiger charge is 2.35. The Morgan fingerprint density at radius 1 is 0.926 bits per heavy atom. The lowest BCUT2D eigenvalue weighted by molar-refractivity contribution is -0.113. The largest absolute Gasteiger partial charge is 0.333 e. The third kappa shape index (κ3) is 3.50. The van der Waals surface area contributed by atoms with Crippen LogP contribution in [-0.2, 0) is 4.79 Å². The minimum absolute atomic E-state index is 0.223. The fraction of sp³-hybridized carbons (Fsp3) is 0. The molecule has 1 N–H and O–H groups in total. The van der Waals surface area contributed by atoms with Crippen LogP contribution in [0.2, 0.25) is 5.02 Å². The van der Waals surface area contributed by atoms with Gasteiger partial charge in [0.15, 0.2) is 0 Å². The SMILES string of the molecule is O=C1N/C(=C/c2cccn2-c2ccc(I)cc2)C(=O)N1c1ccc(Cl)cc1. The van der Waals surface area contributed by atoms with Crippen LogP contribution in [0.15, 0.2) is 72.6 Å². The van der Waals surface area contributed by atoms with E-state index in [0.29, 0.717) is 10.7 Å². The molecule has 0 spiro atoms. The van der Waals surface area contributed by atoms with Crippen LogP contribution in [0.1, 0.15) is 5.69 Å². The molecule has 4 rings (SSSR count). The predicted molar refractivity (Wildman–Crippen MR) is 114 cm³/mol. The summed E-state index contributed by atoms with van der Waals surface area (Å²) in [6, 6.07) is 17.9. The second kappa shape index (κ2) is 7.21. The van der Waals surface area contributed by atoms with E-state index < -0.39 is 11.9 Å². The summed E-state index contributed by atoms with van der Waals surface area (Å²) >= 11 is 8.13. The molecule has 0 unspecified atom stereocenters. The van der Waals surface area contributed by atoms with Gasteiger partial charge in [-0.1, -0.05) is 11.6 Å². The summed E-state index contributed by atoms with van der Waals surface area (Å²) in [6.07, 6.45) is 3.58. The van der Waals surface area contributed by atoms with Gasteiger partial charge in [0.2, 0.25) is 0 Å². The topological polar surface area (TPSA) is 54.3 Å². The van der Waals surface area contributed by atoms with Gasteiger partial charge in [-0.05, 0) is 89.3 Å². The number of hydrogen-bond donors (Lipinski definition) is 1. The average Bonchev–Trinajstić information content (AvgIpc) is 3.22. The first-order valence-corrected chi connectivity index (χ1v) is 9.54. The van der Waals surface area contributed by atoms with E-state index in [1.165, 1.54) is 0 Å². The van der Waals surface area contributed by atoms with Gasteiger partial charge in [0.1, 0.15) is 5.70 Å². The van der Waals surface area contributed by atoms with Gasteiger partial charge in [0.05, 0.1) is 5.69 Å². The minimum Gasteiger partial charge on any atom is -0.317 e. The van der Waals surface area contributed by atoms with Crippen LogP contribution in [0.3, 0.4) is 0 Å². The normalized spacial score (nSPS) is 15.5. The molecule has 0 atom stereocenters. The number of imide groups is 1. The number of rotatable bonds is 3. The average molecular weight is 490 g/mol. The zero-order valence-corrected chi connectivity index (χ0v) is 16.8. The fourth-order valence-corrected chi connectivity index (χ4v) is 3.34. The first kappa shape index (κ1) is 17.8. The maximum atomic E-state index is 12.8. The number of carbonyl (C=O) groups is 2. The monoisotopic (exact) mass is 489 g/mol. The van der Waals surface area contributed by atoms with E-state index in [9.17, 15) is 9.59 Å². The van der Waals surface area contributed by atoms with Gasteiger partial charge in [-0.2, -0.15) is 0 Å². The maximum Gasteiger partial charge on any atom is 0.333 e. The molecule has 1 aliphatic heterocycles. The molecule has 0 radical (unpaired) electrons. The number of anilines is 1. The molecule has 0 saturated carbocycles. The third-order valence-electron chi connectivity index (χ3n) is 4.14. The zero-order valence-electron chi connectivity index (χ0n) is 13.9. The van der Waals surface area contributed by atoms with E-state index in [-0.39, 0.29) is 5.70 Å². The molecule has 3 aromatic rings. The Balaban J connectivity index is 1.67. The zero-order chi connectivity index (χ0) is 19.0. The Morgan fingerprint density at radius 3 is 2.30 bits per heavy atom. The lowest BCUT2D eigenvalue weighted by Crippen LogP contribution is -2.30. The van der Waals surface area contributed by atoms with Gasteiger partial charge in [0, 0.05) is 26.2 Å². The van der Waals surface area contributed by atoms with E-state index in [4.69, 9.17) is 11.6 Å². The summed E-state index contributed by atoms with van der Waals surface area (Å²) in [7, 11) is 0. The second-order valence-electron chi connectivity index (χ2n) is 5.88. The van der Waals surface area contributed by atoms with Gasteiger partial charge in [-0.3, -0.25) is 4.79 Å². The number of nitrogens with one attached hydrogen (secondary N) is 1. The van der Waals surface area contributed by atoms with Crippen molar-refractivity contribution in [3.63, 3.8) is 0 Å². The Bertz CT molecular complexity index is 1060. The van der Waals surface area contributed by atoms with Crippen molar-refractivity contribution in [1.29, 1.82) is 0 Å². The predicted octanol–water partition coefficient (Wildman–Crippen LogP) is 4.83. The van der Waals surface area contributed by atoms with Crippen LogP contribution in [-0.4, -0.2) is 16.5 Å². The van der Waals surface area contributed by atoms with Crippen molar-refractivity contribution in [2.24, 2.45) is 0 Å². The first-order valence-electron chi connectivity index (χ1n) is 8.09. The fourth-order valence-electron chi connectivity index (χ4n) is 2.86. The molecule has 1 fully saturated rings. The van der Waals surface area contributed by atoms with E-state index >= 15 is 0 Å². The first-order chi connectivity index (χ1) is 13.0. The maximum absolute atomic E-state index is 12.8. The summed E-state index contributed by atoms with van der Waals surface area (Å²) in [6.45, 7) is 0. The van der Waals surface area contributed by atoms with E-state index in [1.54, 1.807) is 30.3 Å². The standard InChI is InChI=1S/C20H13ClIN3O2/c21-13-3-7-16(8-4-13)25-19(26)18(23-20(25)27)12-17-2-1-11-24(17)15-9-5-14(22)6-10-15/h1-12H,(H,23,27)/b18-12+. The second-order valence-corrected chi connectivity index (χ2v) is 7.57. The van der Waals surface area contributed by atoms with Crippen molar-refractivity contribution in [1.82, 2.24) is 9.88 Å². The van der Waals surface area contributed by atoms with Gasteiger partial charge >= 0.3 is 6.03 Å². The molecule has 7 heteroatoms. The lowest BCUT2D eigenvalue weighted by atomic mass is 10.2. The van der Waals surface area contributed by atoms with Crippen molar-refractivity contribution in [3.8, 4) is 5.69 Å². The highest BCUT2D eigenvalue weighted by Crippen LogP contribution is 2.24. The van der Waals surface area contributed by atoms with Crippen LogP contribution in [0.25, 0.3) is 11.8 Å². The molecule has 0 bridgehead atoms. The highest BCUT2D eigenvalue weighted by molar-refractivity contribution is 14.1. The number of nitrogens with zero attached hydrogens (tertiary/aromatic N) is 2. The Kier molecular flexibility index (Phi) is 4.75. The van der Waals surface area contributed by atoms with Crippen LogP contribution in [0.5, 0.6) is 0 Å². The number of carbonyl (C=O) groups excluding carboxylic acids is 2. The molecule has 1 aromatic heterocycles. The van der Waals surface area contributed by atoms with Gasteiger partial charge in [0.25, 0.3) is 5.91 Å². The van der Waals surface area contributed by atoms with Gasteiger partial charge in [-0.25, -0.2) is 9.69 Å². The molecule has 2 aromatic carbocycles. The number of hydrogen-bond acceptors (Lipinski definition) is 2. The van der Waals surface area contributed by atoms with Crippen molar-refractivity contribution >= 4 is 57.9 Å². The number of benzene rings is 2. The number of amides is 3. The number of halogens is 2. The summed E-state index contributed by atoms with van der Waals surface area (Å²) in [5.41, 5.74) is 2.45. The molecule has 0 aliphatic carbocycles. The highest BCUT2D eigenvalue weighted by atomic mass is 127. The molecular weight excluding hydrogens is 477 g/mol. The smallest absolute Gasteiger partial charge is 0.317 e. The minimum atomic E-state index is -0.485. The third-order valence-corrected chi connectivity index (χ3v) is 5.11. The molecule has 5 nitrogen and oxygen atoms in total. The lowest BCUT2D eigenvalue weighted by Gasteiger charge is -2.11. The summed E-state index contributed by atoms with van der Waals surface area (Å²) in [4.78, 5) is 26.2. The van der Waals surface area contributed by atoms with E-state index in [2.05, 4.69) is 27.9 Å². The van der Waals surface area contributed by atoms with Gasteiger partial charge in [-0.15, -0.1) is 0 Å². The number of urea groups is 1.